The van der Waals surface area contributed by atoms with Gasteiger partial charge < -0.3 is 14.2 Å². The summed E-state index contributed by atoms with van der Waals surface area (Å²) in [6, 6.07) is 9.75. The van der Waals surface area contributed by atoms with E-state index in [1.165, 1.54) is 16.2 Å². The SMILES string of the molecule is Cc1cc(C)cc(O[C@H](C)C(=O)N(C)Cc2nc(-c3cccs3)no2)c1. The highest BCUT2D eigenvalue weighted by atomic mass is 32.1. The molecule has 0 aliphatic heterocycles. The van der Waals surface area contributed by atoms with Crippen LogP contribution in [0, 0.1) is 13.8 Å². The predicted molar refractivity (Wildman–Crippen MR) is 100 cm³/mol. The van der Waals surface area contributed by atoms with E-state index in [2.05, 4.69) is 16.2 Å². The standard InChI is InChI=1S/C19H21N3O3S/c1-12-8-13(2)10-15(9-12)24-14(3)19(23)22(4)11-17-20-18(21-25-17)16-6-5-7-26-16/h5-10,14H,11H2,1-4H3/t14-/m1/s1. The first-order valence-electron chi connectivity index (χ1n) is 8.29. The molecule has 0 fully saturated rings. The Labute approximate surface area is 156 Å². The van der Waals surface area contributed by atoms with Gasteiger partial charge in [-0.25, -0.2) is 0 Å². The second-order valence-electron chi connectivity index (χ2n) is 6.27. The van der Waals surface area contributed by atoms with E-state index < -0.39 is 6.10 Å². The van der Waals surface area contributed by atoms with Gasteiger partial charge >= 0.3 is 0 Å². The van der Waals surface area contributed by atoms with Crippen molar-refractivity contribution >= 4 is 17.2 Å². The first-order valence-corrected chi connectivity index (χ1v) is 9.16. The number of rotatable bonds is 6. The van der Waals surface area contributed by atoms with E-state index in [9.17, 15) is 4.79 Å². The molecule has 1 amide bonds. The lowest BCUT2D eigenvalue weighted by atomic mass is 10.1. The third-order valence-electron chi connectivity index (χ3n) is 3.81. The number of thiophene rings is 1. The van der Waals surface area contributed by atoms with Crippen molar-refractivity contribution in [3.63, 3.8) is 0 Å². The molecule has 7 heteroatoms. The average molecular weight is 371 g/mol. The van der Waals surface area contributed by atoms with Gasteiger partial charge in [0.25, 0.3) is 5.91 Å². The number of aryl methyl sites for hydroxylation is 2. The maximum atomic E-state index is 12.6. The van der Waals surface area contributed by atoms with Crippen molar-refractivity contribution in [1.82, 2.24) is 15.0 Å². The third-order valence-corrected chi connectivity index (χ3v) is 4.68. The Morgan fingerprint density at radius 3 is 2.69 bits per heavy atom. The Kier molecular flexibility index (Phi) is 5.37. The second kappa shape index (κ2) is 7.70. The van der Waals surface area contributed by atoms with Crippen LogP contribution in [0.15, 0.2) is 40.2 Å². The quantitative estimate of drug-likeness (QED) is 0.658. The number of carbonyl (C=O) groups excluding carboxylic acids is 1. The van der Waals surface area contributed by atoms with Crippen molar-refractivity contribution in [3.8, 4) is 16.5 Å². The first-order chi connectivity index (χ1) is 12.4. The van der Waals surface area contributed by atoms with Crippen LogP contribution in [0.2, 0.25) is 0 Å². The van der Waals surface area contributed by atoms with E-state index in [1.807, 2.05) is 43.5 Å². The van der Waals surface area contributed by atoms with Gasteiger partial charge in [0, 0.05) is 7.05 Å². The largest absolute Gasteiger partial charge is 0.481 e. The summed E-state index contributed by atoms with van der Waals surface area (Å²) >= 11 is 1.54. The van der Waals surface area contributed by atoms with Crippen LogP contribution in [0.3, 0.4) is 0 Å². The Morgan fingerprint density at radius 1 is 1.31 bits per heavy atom. The highest BCUT2D eigenvalue weighted by Gasteiger charge is 2.21. The summed E-state index contributed by atoms with van der Waals surface area (Å²) in [5, 5.41) is 5.91. The minimum Gasteiger partial charge on any atom is -0.481 e. The summed E-state index contributed by atoms with van der Waals surface area (Å²) in [4.78, 5) is 19.4. The van der Waals surface area contributed by atoms with Gasteiger partial charge in [-0.2, -0.15) is 4.98 Å². The van der Waals surface area contributed by atoms with E-state index >= 15 is 0 Å². The maximum absolute atomic E-state index is 12.6. The molecule has 6 nitrogen and oxygen atoms in total. The molecule has 3 rings (SSSR count). The number of aromatic nitrogens is 2. The summed E-state index contributed by atoms with van der Waals surface area (Å²) < 4.78 is 11.1. The Balaban J connectivity index is 1.62. The molecule has 3 aromatic rings. The normalized spacial score (nSPS) is 12.0. The topological polar surface area (TPSA) is 68.5 Å². The van der Waals surface area contributed by atoms with Crippen LogP contribution in [0.25, 0.3) is 10.7 Å². The number of hydrogen-bond donors (Lipinski definition) is 0. The summed E-state index contributed by atoms with van der Waals surface area (Å²) in [6.45, 7) is 5.97. The molecule has 0 saturated carbocycles. The molecule has 0 radical (unpaired) electrons. The average Bonchev–Trinajstić information content (AvgIpc) is 3.24. The summed E-state index contributed by atoms with van der Waals surface area (Å²) in [6.07, 6.45) is -0.610. The summed E-state index contributed by atoms with van der Waals surface area (Å²) in [5.74, 6) is 1.47. The van der Waals surface area contributed by atoms with E-state index in [-0.39, 0.29) is 12.5 Å². The smallest absolute Gasteiger partial charge is 0.263 e. The molecule has 26 heavy (non-hydrogen) atoms. The number of benzene rings is 1. The van der Waals surface area contributed by atoms with Gasteiger partial charge in [-0.15, -0.1) is 11.3 Å². The van der Waals surface area contributed by atoms with Crippen molar-refractivity contribution < 1.29 is 14.1 Å². The van der Waals surface area contributed by atoms with Gasteiger partial charge in [-0.1, -0.05) is 17.3 Å². The Bertz CT molecular complexity index is 869. The predicted octanol–water partition coefficient (Wildman–Crippen LogP) is 3.84. The van der Waals surface area contributed by atoms with Gasteiger partial charge in [0.1, 0.15) is 5.75 Å². The van der Waals surface area contributed by atoms with Crippen LogP contribution in [0.5, 0.6) is 5.75 Å². The molecule has 0 unspecified atom stereocenters. The minimum absolute atomic E-state index is 0.153. The monoisotopic (exact) mass is 371 g/mol. The number of amides is 1. The lowest BCUT2D eigenvalue weighted by molar-refractivity contribution is -0.137. The van der Waals surface area contributed by atoms with Gasteiger partial charge in [-0.3, -0.25) is 4.79 Å². The maximum Gasteiger partial charge on any atom is 0.263 e. The van der Waals surface area contributed by atoms with Gasteiger partial charge in [0.05, 0.1) is 11.4 Å². The van der Waals surface area contributed by atoms with Gasteiger partial charge in [0.2, 0.25) is 11.7 Å². The van der Waals surface area contributed by atoms with Crippen molar-refractivity contribution in [1.29, 1.82) is 0 Å². The zero-order valence-electron chi connectivity index (χ0n) is 15.2. The van der Waals surface area contributed by atoms with Gasteiger partial charge in [-0.05, 0) is 55.5 Å². The van der Waals surface area contributed by atoms with Crippen molar-refractivity contribution in [2.75, 3.05) is 7.05 Å². The number of likely N-dealkylation sites (N-methyl/N-ethyl adjacent to an activating group) is 1. The van der Waals surface area contributed by atoms with Crippen LogP contribution >= 0.6 is 11.3 Å². The van der Waals surface area contributed by atoms with Crippen LogP contribution in [0.1, 0.15) is 23.9 Å². The Hall–Kier alpha value is -2.67. The fourth-order valence-corrected chi connectivity index (χ4v) is 3.32. The van der Waals surface area contributed by atoms with E-state index in [1.54, 1.807) is 14.0 Å². The lowest BCUT2D eigenvalue weighted by Crippen LogP contribution is -2.37. The van der Waals surface area contributed by atoms with Crippen LogP contribution in [-0.4, -0.2) is 34.1 Å². The molecule has 0 saturated heterocycles. The number of ether oxygens (including phenoxy) is 1. The molecule has 2 aromatic heterocycles. The zero-order valence-corrected chi connectivity index (χ0v) is 16.0. The van der Waals surface area contributed by atoms with Crippen molar-refractivity contribution in [2.24, 2.45) is 0 Å². The van der Waals surface area contributed by atoms with Crippen LogP contribution in [-0.2, 0) is 11.3 Å². The molecule has 0 aliphatic carbocycles. The summed E-state index contributed by atoms with van der Waals surface area (Å²) in [7, 11) is 1.69. The third kappa shape index (κ3) is 4.29. The van der Waals surface area contributed by atoms with E-state index in [4.69, 9.17) is 9.26 Å². The lowest BCUT2D eigenvalue weighted by Gasteiger charge is -2.21. The Morgan fingerprint density at radius 2 is 2.04 bits per heavy atom. The first kappa shape index (κ1) is 18.1. The summed E-state index contributed by atoms with van der Waals surface area (Å²) in [5.41, 5.74) is 2.19. The fraction of sp³-hybridized carbons (Fsp3) is 0.316. The fourth-order valence-electron chi connectivity index (χ4n) is 2.67. The molecule has 0 aliphatic rings. The second-order valence-corrected chi connectivity index (χ2v) is 7.21. The number of hydrogen-bond acceptors (Lipinski definition) is 6. The number of nitrogens with zero attached hydrogens (tertiary/aromatic N) is 3. The van der Waals surface area contributed by atoms with Crippen LogP contribution < -0.4 is 4.74 Å². The highest BCUT2D eigenvalue weighted by molar-refractivity contribution is 7.13. The molecule has 136 valence electrons. The number of carbonyl (C=O) groups is 1. The molecule has 0 bridgehead atoms. The highest BCUT2D eigenvalue weighted by Crippen LogP contribution is 2.22. The molecule has 0 N–H and O–H groups in total. The van der Waals surface area contributed by atoms with Crippen molar-refractivity contribution in [2.45, 2.75) is 33.4 Å². The molecule has 1 atom stereocenters. The van der Waals surface area contributed by atoms with E-state index in [0.717, 1.165) is 16.0 Å². The van der Waals surface area contributed by atoms with Crippen LogP contribution in [0.4, 0.5) is 0 Å². The molecular weight excluding hydrogens is 350 g/mol. The van der Waals surface area contributed by atoms with Gasteiger partial charge in [0.15, 0.2) is 6.10 Å². The van der Waals surface area contributed by atoms with E-state index in [0.29, 0.717) is 17.5 Å². The minimum atomic E-state index is -0.610. The molecular formula is C19H21N3O3S. The van der Waals surface area contributed by atoms with Crippen molar-refractivity contribution in [3.05, 3.63) is 52.7 Å². The molecule has 1 aromatic carbocycles. The zero-order chi connectivity index (χ0) is 18.7. The molecule has 2 heterocycles. The molecule has 0 spiro atoms.